The fourth-order valence-electron chi connectivity index (χ4n) is 2.94. The molecule has 1 fully saturated rings. The third kappa shape index (κ3) is 3.11. The number of hydrogen-bond acceptors (Lipinski definition) is 4. The zero-order chi connectivity index (χ0) is 16.4. The lowest BCUT2D eigenvalue weighted by Crippen LogP contribution is -2.47. The molecule has 2 aromatic rings. The summed E-state index contributed by atoms with van der Waals surface area (Å²) in [4.78, 5) is 8.98. The van der Waals surface area contributed by atoms with Crippen LogP contribution in [0.4, 0.5) is 11.5 Å². The topological polar surface area (TPSA) is 43.2 Å². The average molecular weight is 327 g/mol. The Balaban J connectivity index is 1.74. The van der Waals surface area contributed by atoms with Crippen LogP contribution in [-0.4, -0.2) is 31.2 Å². The number of rotatable bonds is 2. The van der Waals surface area contributed by atoms with Crippen LogP contribution >= 0.6 is 11.6 Å². The largest absolute Gasteiger partial charge is 0.368 e. The van der Waals surface area contributed by atoms with E-state index in [-0.39, 0.29) is 0 Å². The van der Waals surface area contributed by atoms with Crippen molar-refractivity contribution in [3.63, 3.8) is 0 Å². The first kappa shape index (κ1) is 15.6. The highest BCUT2D eigenvalue weighted by Gasteiger charge is 2.20. The molecule has 23 heavy (non-hydrogen) atoms. The van der Waals surface area contributed by atoms with Gasteiger partial charge in [-0.2, -0.15) is 5.26 Å². The maximum Gasteiger partial charge on any atom is 0.161 e. The molecule has 0 aliphatic carbocycles. The van der Waals surface area contributed by atoms with Crippen LogP contribution in [0.1, 0.15) is 16.8 Å². The maximum atomic E-state index is 9.06. The van der Waals surface area contributed by atoms with Gasteiger partial charge in [0.1, 0.15) is 11.9 Å². The van der Waals surface area contributed by atoms with Gasteiger partial charge in [-0.1, -0.05) is 23.7 Å². The second kappa shape index (κ2) is 6.47. The number of hydrogen-bond donors (Lipinski definition) is 0. The molecular formula is C18H19ClN4. The van der Waals surface area contributed by atoms with Gasteiger partial charge >= 0.3 is 0 Å². The van der Waals surface area contributed by atoms with Crippen molar-refractivity contribution in [2.45, 2.75) is 13.8 Å². The van der Waals surface area contributed by atoms with Crippen LogP contribution < -0.4 is 9.80 Å². The van der Waals surface area contributed by atoms with E-state index >= 15 is 0 Å². The Kier molecular flexibility index (Phi) is 4.40. The van der Waals surface area contributed by atoms with Crippen LogP contribution in [0.15, 0.2) is 30.3 Å². The Bertz CT molecular complexity index is 758. The van der Waals surface area contributed by atoms with E-state index in [0.29, 0.717) is 10.7 Å². The van der Waals surface area contributed by atoms with Crippen molar-refractivity contribution in [2.75, 3.05) is 36.0 Å². The highest BCUT2D eigenvalue weighted by molar-refractivity contribution is 6.31. The van der Waals surface area contributed by atoms with Gasteiger partial charge in [0.05, 0.1) is 5.02 Å². The highest BCUT2D eigenvalue weighted by atomic mass is 35.5. The summed E-state index contributed by atoms with van der Waals surface area (Å²) in [6, 6.07) is 12.1. The molecule has 0 unspecified atom stereocenters. The first-order valence-electron chi connectivity index (χ1n) is 7.73. The van der Waals surface area contributed by atoms with E-state index in [0.717, 1.165) is 32.0 Å². The fraction of sp³-hybridized carbons (Fsp3) is 0.333. The number of aromatic nitrogens is 1. The maximum absolute atomic E-state index is 9.06. The van der Waals surface area contributed by atoms with Crippen LogP contribution in [0.5, 0.6) is 0 Å². The predicted octanol–water partition coefficient (Wildman–Crippen LogP) is 3.55. The molecule has 4 nitrogen and oxygen atoms in total. The normalized spacial score (nSPS) is 14.7. The summed E-state index contributed by atoms with van der Waals surface area (Å²) < 4.78 is 0. The van der Waals surface area contributed by atoms with Crippen molar-refractivity contribution in [3.8, 4) is 6.07 Å². The van der Waals surface area contributed by atoms with Gasteiger partial charge in [-0.25, -0.2) is 4.98 Å². The van der Waals surface area contributed by atoms with Crippen molar-refractivity contribution in [2.24, 2.45) is 0 Å². The Hall–Kier alpha value is -2.25. The summed E-state index contributed by atoms with van der Waals surface area (Å²) in [6.07, 6.45) is 0. The number of piperazine rings is 1. The summed E-state index contributed by atoms with van der Waals surface area (Å²) in [5, 5.41) is 9.47. The van der Waals surface area contributed by atoms with E-state index in [1.54, 1.807) is 6.07 Å². The van der Waals surface area contributed by atoms with Crippen LogP contribution in [0.2, 0.25) is 5.02 Å². The number of pyridine rings is 1. The predicted molar refractivity (Wildman–Crippen MR) is 94.3 cm³/mol. The standard InChI is InChI=1S/C18H19ClN4/c1-13-4-3-5-17(14(13)2)22-8-10-23(11-9-22)18-7-6-15(19)16(12-20)21-18/h3-7H,8-11H2,1-2H3. The van der Waals surface area contributed by atoms with E-state index < -0.39 is 0 Å². The van der Waals surface area contributed by atoms with Crippen LogP contribution in [-0.2, 0) is 0 Å². The third-order valence-electron chi connectivity index (χ3n) is 4.46. The number of benzene rings is 1. The lowest BCUT2D eigenvalue weighted by molar-refractivity contribution is 0.646. The van der Waals surface area contributed by atoms with Crippen molar-refractivity contribution >= 4 is 23.1 Å². The first-order valence-corrected chi connectivity index (χ1v) is 8.10. The van der Waals surface area contributed by atoms with E-state index in [1.807, 2.05) is 12.1 Å². The van der Waals surface area contributed by atoms with Crippen molar-refractivity contribution in [1.82, 2.24) is 4.98 Å². The van der Waals surface area contributed by atoms with Crippen molar-refractivity contribution < 1.29 is 0 Å². The van der Waals surface area contributed by atoms with Crippen LogP contribution in [0, 0.1) is 25.2 Å². The number of aryl methyl sites for hydroxylation is 1. The molecule has 118 valence electrons. The second-order valence-electron chi connectivity index (χ2n) is 5.80. The van der Waals surface area contributed by atoms with E-state index in [4.69, 9.17) is 16.9 Å². The Labute approximate surface area is 141 Å². The number of nitrogens with zero attached hydrogens (tertiary/aromatic N) is 4. The summed E-state index contributed by atoms with van der Waals surface area (Å²) in [5.74, 6) is 0.826. The Morgan fingerprint density at radius 2 is 1.74 bits per heavy atom. The molecule has 1 aliphatic rings. The minimum atomic E-state index is 0.293. The summed E-state index contributed by atoms with van der Waals surface area (Å²) in [5.41, 5.74) is 4.27. The van der Waals surface area contributed by atoms with E-state index in [2.05, 4.69) is 46.8 Å². The number of nitriles is 1. The van der Waals surface area contributed by atoms with E-state index in [1.165, 1.54) is 16.8 Å². The molecular weight excluding hydrogens is 308 g/mol. The molecule has 1 aliphatic heterocycles. The molecule has 0 N–H and O–H groups in total. The number of halogens is 1. The minimum Gasteiger partial charge on any atom is -0.368 e. The molecule has 0 radical (unpaired) electrons. The van der Waals surface area contributed by atoms with Crippen LogP contribution in [0.3, 0.4) is 0 Å². The molecule has 1 saturated heterocycles. The summed E-state index contributed by atoms with van der Waals surface area (Å²) in [6.45, 7) is 7.97. The lowest BCUT2D eigenvalue weighted by Gasteiger charge is -2.37. The molecule has 1 aromatic heterocycles. The summed E-state index contributed by atoms with van der Waals surface area (Å²) in [7, 11) is 0. The van der Waals surface area contributed by atoms with Gasteiger partial charge in [-0.15, -0.1) is 0 Å². The average Bonchev–Trinajstić information content (AvgIpc) is 2.58. The van der Waals surface area contributed by atoms with Crippen molar-refractivity contribution in [3.05, 3.63) is 52.2 Å². The van der Waals surface area contributed by atoms with Gasteiger partial charge in [-0.05, 0) is 43.2 Å². The zero-order valence-corrected chi connectivity index (χ0v) is 14.1. The molecule has 0 bridgehead atoms. The van der Waals surface area contributed by atoms with Crippen molar-refractivity contribution in [1.29, 1.82) is 5.26 Å². The molecule has 0 atom stereocenters. The molecule has 0 saturated carbocycles. The zero-order valence-electron chi connectivity index (χ0n) is 13.4. The molecule has 3 rings (SSSR count). The van der Waals surface area contributed by atoms with Crippen LogP contribution in [0.25, 0.3) is 0 Å². The molecule has 0 spiro atoms. The van der Waals surface area contributed by atoms with Gasteiger partial charge in [0.2, 0.25) is 0 Å². The Morgan fingerprint density at radius 1 is 1.04 bits per heavy atom. The lowest BCUT2D eigenvalue weighted by atomic mass is 10.1. The number of anilines is 2. The van der Waals surface area contributed by atoms with Gasteiger partial charge in [-0.3, -0.25) is 0 Å². The smallest absolute Gasteiger partial charge is 0.161 e. The second-order valence-corrected chi connectivity index (χ2v) is 6.21. The van der Waals surface area contributed by atoms with Gasteiger partial charge in [0.15, 0.2) is 5.69 Å². The van der Waals surface area contributed by atoms with Gasteiger partial charge in [0, 0.05) is 31.9 Å². The minimum absolute atomic E-state index is 0.293. The first-order chi connectivity index (χ1) is 11.1. The SMILES string of the molecule is Cc1cccc(N2CCN(c3ccc(Cl)c(C#N)n3)CC2)c1C. The molecule has 2 heterocycles. The Morgan fingerprint density at radius 3 is 2.43 bits per heavy atom. The molecule has 5 heteroatoms. The summed E-state index contributed by atoms with van der Waals surface area (Å²) >= 11 is 5.96. The molecule has 0 amide bonds. The fourth-order valence-corrected chi connectivity index (χ4v) is 3.09. The van der Waals surface area contributed by atoms with Gasteiger partial charge < -0.3 is 9.80 Å². The monoisotopic (exact) mass is 326 g/mol. The third-order valence-corrected chi connectivity index (χ3v) is 4.76. The van der Waals surface area contributed by atoms with Gasteiger partial charge in [0.25, 0.3) is 0 Å². The molecule has 1 aromatic carbocycles. The quantitative estimate of drug-likeness (QED) is 0.846. The van der Waals surface area contributed by atoms with E-state index in [9.17, 15) is 0 Å². The highest BCUT2D eigenvalue weighted by Crippen LogP contribution is 2.25.